The molecule has 0 saturated heterocycles. The Morgan fingerprint density at radius 1 is 1.05 bits per heavy atom. The number of nitrogens with zero attached hydrogens (tertiary/aromatic N) is 1. The number of benzene rings is 2. The molecule has 0 aromatic heterocycles. The molecule has 0 saturated carbocycles. The Morgan fingerprint density at radius 2 is 1.68 bits per heavy atom. The number of carbonyl (C=O) groups is 1. The fourth-order valence-electron chi connectivity index (χ4n) is 1.89. The predicted octanol–water partition coefficient (Wildman–Crippen LogP) is 4.45. The van der Waals surface area contributed by atoms with E-state index in [2.05, 4.69) is 0 Å². The normalized spacial score (nSPS) is 10.0. The average molecular weight is 254 g/mol. The van der Waals surface area contributed by atoms with Crippen molar-refractivity contribution in [2.24, 2.45) is 0 Å². The fraction of sp³-hybridized carbons (Fsp3) is 0.125. The van der Waals surface area contributed by atoms with Gasteiger partial charge in [-0.15, -0.1) is 0 Å². The Labute approximate surface area is 113 Å². The largest absolute Gasteiger partial charge is 0.442 e. The number of rotatable bonds is 3. The smallest absolute Gasteiger partial charge is 0.419 e. The lowest BCUT2D eigenvalue weighted by molar-refractivity contribution is 0.183. The molecule has 0 aliphatic rings. The molecule has 2 aromatic carbocycles. The van der Waals surface area contributed by atoms with Gasteiger partial charge in [0.25, 0.3) is 0 Å². The second-order valence-corrected chi connectivity index (χ2v) is 4.08. The standard InChI is InChI=1S/C16H16NO2/c1-3-19-16(18)17(14-10-5-4-6-11-14)15-12-8-7-9-13(15)2/h3-12H,1-2H3. The van der Waals surface area contributed by atoms with Gasteiger partial charge in [0.05, 0.1) is 11.4 Å². The molecule has 0 unspecified atom stereocenters. The summed E-state index contributed by atoms with van der Waals surface area (Å²) in [7, 11) is 0. The van der Waals surface area contributed by atoms with Crippen molar-refractivity contribution >= 4 is 17.5 Å². The lowest BCUT2D eigenvalue weighted by atomic mass is 10.1. The maximum atomic E-state index is 12.2. The maximum absolute atomic E-state index is 12.2. The van der Waals surface area contributed by atoms with Crippen LogP contribution in [0.2, 0.25) is 0 Å². The molecule has 3 nitrogen and oxygen atoms in total. The van der Waals surface area contributed by atoms with Crippen LogP contribution in [0, 0.1) is 13.5 Å². The van der Waals surface area contributed by atoms with Crippen LogP contribution in [0.5, 0.6) is 0 Å². The van der Waals surface area contributed by atoms with Crippen LogP contribution in [-0.2, 0) is 4.74 Å². The highest BCUT2D eigenvalue weighted by Gasteiger charge is 2.20. The first kappa shape index (κ1) is 13.1. The van der Waals surface area contributed by atoms with Crippen molar-refractivity contribution in [1.29, 1.82) is 0 Å². The molecule has 2 aromatic rings. The molecule has 0 fully saturated rings. The number of hydrogen-bond acceptors (Lipinski definition) is 2. The molecule has 19 heavy (non-hydrogen) atoms. The van der Waals surface area contributed by atoms with Gasteiger partial charge in [0.1, 0.15) is 6.61 Å². The second kappa shape index (κ2) is 6.05. The minimum absolute atomic E-state index is 0.414. The van der Waals surface area contributed by atoms with Crippen molar-refractivity contribution < 1.29 is 9.53 Å². The molecular formula is C16H16NO2. The molecule has 1 radical (unpaired) electrons. The van der Waals surface area contributed by atoms with Gasteiger partial charge in [-0.2, -0.15) is 0 Å². The van der Waals surface area contributed by atoms with Crippen molar-refractivity contribution in [2.45, 2.75) is 13.8 Å². The summed E-state index contributed by atoms with van der Waals surface area (Å²) in [6.45, 7) is 5.03. The van der Waals surface area contributed by atoms with Crippen LogP contribution in [0.3, 0.4) is 0 Å². The van der Waals surface area contributed by atoms with Gasteiger partial charge < -0.3 is 4.74 Å². The van der Waals surface area contributed by atoms with Gasteiger partial charge in [-0.05, 0) is 37.6 Å². The van der Waals surface area contributed by atoms with Gasteiger partial charge in [0.2, 0.25) is 0 Å². The van der Waals surface area contributed by atoms with Crippen LogP contribution in [0.25, 0.3) is 0 Å². The van der Waals surface area contributed by atoms with E-state index in [0.29, 0.717) is 0 Å². The molecule has 2 rings (SSSR count). The van der Waals surface area contributed by atoms with E-state index in [-0.39, 0.29) is 0 Å². The zero-order valence-electron chi connectivity index (χ0n) is 11.0. The summed E-state index contributed by atoms with van der Waals surface area (Å²) in [5.41, 5.74) is 2.61. The monoisotopic (exact) mass is 254 g/mol. The Kier molecular flexibility index (Phi) is 4.18. The molecular weight excluding hydrogens is 238 g/mol. The fourth-order valence-corrected chi connectivity index (χ4v) is 1.89. The predicted molar refractivity (Wildman–Crippen MR) is 76.2 cm³/mol. The van der Waals surface area contributed by atoms with E-state index in [4.69, 9.17) is 4.74 Å². The van der Waals surface area contributed by atoms with Crippen LogP contribution in [0.1, 0.15) is 12.5 Å². The number of carbonyl (C=O) groups excluding carboxylic acids is 1. The second-order valence-electron chi connectivity index (χ2n) is 4.08. The number of anilines is 2. The lowest BCUT2D eigenvalue weighted by Gasteiger charge is -2.23. The van der Waals surface area contributed by atoms with Gasteiger partial charge in [-0.25, -0.2) is 9.69 Å². The number of hydrogen-bond donors (Lipinski definition) is 0. The molecule has 0 spiro atoms. The molecule has 1 amide bonds. The topological polar surface area (TPSA) is 29.5 Å². The molecule has 3 heteroatoms. The summed E-state index contributed by atoms with van der Waals surface area (Å²) < 4.78 is 5.03. The van der Waals surface area contributed by atoms with Gasteiger partial charge in [-0.3, -0.25) is 0 Å². The summed E-state index contributed by atoms with van der Waals surface area (Å²) in [5.74, 6) is 0. The first-order valence-electron chi connectivity index (χ1n) is 6.13. The summed E-state index contributed by atoms with van der Waals surface area (Å²) in [4.78, 5) is 13.7. The van der Waals surface area contributed by atoms with Gasteiger partial charge in [-0.1, -0.05) is 36.4 Å². The molecule has 97 valence electrons. The molecule has 0 N–H and O–H groups in total. The van der Waals surface area contributed by atoms with E-state index in [1.54, 1.807) is 11.8 Å². The Bertz CT molecular complexity index is 552. The third kappa shape index (κ3) is 2.94. The zero-order chi connectivity index (χ0) is 13.7. The summed E-state index contributed by atoms with van der Waals surface area (Å²) in [5, 5.41) is 0. The van der Waals surface area contributed by atoms with E-state index >= 15 is 0 Å². The Morgan fingerprint density at radius 3 is 2.32 bits per heavy atom. The number of aryl methyl sites for hydroxylation is 1. The molecule has 0 atom stereocenters. The molecule has 0 aliphatic heterocycles. The minimum Gasteiger partial charge on any atom is -0.442 e. The molecule has 0 heterocycles. The lowest BCUT2D eigenvalue weighted by Crippen LogP contribution is -2.26. The first-order valence-corrected chi connectivity index (χ1v) is 6.13. The summed E-state index contributed by atoms with van der Waals surface area (Å²) in [6.07, 6.45) is -0.414. The SMILES string of the molecule is C[CH]OC(=O)N(c1ccccc1)c1ccccc1C. The van der Waals surface area contributed by atoms with Gasteiger partial charge in [0.15, 0.2) is 0 Å². The van der Waals surface area contributed by atoms with Crippen molar-refractivity contribution in [3.63, 3.8) is 0 Å². The van der Waals surface area contributed by atoms with E-state index in [0.717, 1.165) is 16.9 Å². The minimum atomic E-state index is -0.414. The van der Waals surface area contributed by atoms with Crippen molar-refractivity contribution in [3.8, 4) is 0 Å². The quantitative estimate of drug-likeness (QED) is 0.809. The first-order chi connectivity index (χ1) is 9.24. The Balaban J connectivity index is 2.46. The summed E-state index contributed by atoms with van der Waals surface area (Å²) >= 11 is 0. The van der Waals surface area contributed by atoms with Crippen LogP contribution in [0.15, 0.2) is 54.6 Å². The number of amides is 1. The van der Waals surface area contributed by atoms with Crippen LogP contribution >= 0.6 is 0 Å². The highest BCUT2D eigenvalue weighted by molar-refractivity contribution is 5.96. The van der Waals surface area contributed by atoms with Gasteiger partial charge in [0, 0.05) is 0 Å². The maximum Gasteiger partial charge on any atom is 0.419 e. The van der Waals surface area contributed by atoms with Crippen molar-refractivity contribution in [2.75, 3.05) is 4.90 Å². The molecule has 0 aliphatic carbocycles. The van der Waals surface area contributed by atoms with Crippen LogP contribution in [0.4, 0.5) is 16.2 Å². The van der Waals surface area contributed by atoms with E-state index in [9.17, 15) is 4.79 Å². The highest BCUT2D eigenvalue weighted by Crippen LogP contribution is 2.28. The van der Waals surface area contributed by atoms with Crippen LogP contribution in [-0.4, -0.2) is 6.09 Å². The van der Waals surface area contributed by atoms with Crippen molar-refractivity contribution in [3.05, 3.63) is 66.8 Å². The van der Waals surface area contributed by atoms with E-state index in [1.165, 1.54) is 6.61 Å². The van der Waals surface area contributed by atoms with Crippen LogP contribution < -0.4 is 4.90 Å². The Hall–Kier alpha value is -2.29. The average Bonchev–Trinajstić information content (AvgIpc) is 2.43. The third-order valence-electron chi connectivity index (χ3n) is 2.77. The highest BCUT2D eigenvalue weighted by atomic mass is 16.6. The zero-order valence-corrected chi connectivity index (χ0v) is 11.0. The number of para-hydroxylation sites is 2. The van der Waals surface area contributed by atoms with Crippen molar-refractivity contribution in [1.82, 2.24) is 0 Å². The number of ether oxygens (including phenoxy) is 1. The van der Waals surface area contributed by atoms with E-state index in [1.807, 2.05) is 61.5 Å². The van der Waals surface area contributed by atoms with E-state index < -0.39 is 6.09 Å². The third-order valence-corrected chi connectivity index (χ3v) is 2.77. The molecule has 0 bridgehead atoms. The van der Waals surface area contributed by atoms with Gasteiger partial charge >= 0.3 is 6.09 Å². The summed E-state index contributed by atoms with van der Waals surface area (Å²) in [6, 6.07) is 17.2.